The minimum Gasteiger partial charge on any atom is -0.490 e. The molecule has 0 heterocycles. The molecule has 0 saturated heterocycles. The Morgan fingerprint density at radius 2 is 2.06 bits per heavy atom. The lowest BCUT2D eigenvalue weighted by Gasteiger charge is -2.06. The number of benzene rings is 1. The lowest BCUT2D eigenvalue weighted by atomic mass is 10.2. The van der Waals surface area contributed by atoms with Crippen LogP contribution in [0.3, 0.4) is 0 Å². The molecule has 1 saturated carbocycles. The molecule has 0 spiro atoms. The van der Waals surface area contributed by atoms with Crippen molar-refractivity contribution in [3.63, 3.8) is 0 Å². The summed E-state index contributed by atoms with van der Waals surface area (Å²) < 4.78 is 5.44. The smallest absolute Gasteiger partial charge is 0.119 e. The normalized spacial score (nSPS) is 14.6. The van der Waals surface area contributed by atoms with Gasteiger partial charge in [-0.25, -0.2) is 0 Å². The molecule has 92 valence electrons. The molecule has 0 atom stereocenters. The summed E-state index contributed by atoms with van der Waals surface area (Å²) in [6, 6.07) is 8.26. The van der Waals surface area contributed by atoms with Gasteiger partial charge in [0.15, 0.2) is 0 Å². The van der Waals surface area contributed by atoms with Crippen LogP contribution in [0.15, 0.2) is 36.9 Å². The number of ether oxygens (including phenoxy) is 1. The van der Waals surface area contributed by atoms with Crippen molar-refractivity contribution in [2.24, 2.45) is 5.92 Å². The number of hydrogen-bond donors (Lipinski definition) is 1. The van der Waals surface area contributed by atoms with Gasteiger partial charge in [-0.15, -0.1) is 0 Å². The third-order valence-electron chi connectivity index (χ3n) is 3.05. The molecule has 17 heavy (non-hydrogen) atoms. The summed E-state index contributed by atoms with van der Waals surface area (Å²) >= 11 is 0. The van der Waals surface area contributed by atoms with Crippen LogP contribution in [0.1, 0.15) is 24.8 Å². The van der Waals surface area contributed by atoms with Crippen molar-refractivity contribution in [1.29, 1.82) is 0 Å². The highest BCUT2D eigenvalue weighted by Gasteiger charge is 2.19. The van der Waals surface area contributed by atoms with Gasteiger partial charge in [0.1, 0.15) is 12.4 Å². The first-order valence-corrected chi connectivity index (χ1v) is 6.42. The Morgan fingerprint density at radius 1 is 1.29 bits per heavy atom. The zero-order chi connectivity index (χ0) is 11.9. The van der Waals surface area contributed by atoms with E-state index in [1.54, 1.807) is 6.08 Å². The van der Waals surface area contributed by atoms with Crippen molar-refractivity contribution in [2.45, 2.75) is 25.8 Å². The molecule has 2 nitrogen and oxygen atoms in total. The second kappa shape index (κ2) is 6.45. The molecule has 0 amide bonds. The molecule has 1 aliphatic carbocycles. The van der Waals surface area contributed by atoms with Crippen LogP contribution < -0.4 is 10.1 Å². The Balaban J connectivity index is 1.67. The van der Waals surface area contributed by atoms with Crippen LogP contribution in [0.2, 0.25) is 0 Å². The van der Waals surface area contributed by atoms with E-state index in [0.717, 1.165) is 24.8 Å². The summed E-state index contributed by atoms with van der Waals surface area (Å²) in [7, 11) is 0. The molecule has 2 heteroatoms. The molecule has 1 aromatic rings. The van der Waals surface area contributed by atoms with Crippen molar-refractivity contribution in [2.75, 3.05) is 13.2 Å². The summed E-state index contributed by atoms with van der Waals surface area (Å²) in [5, 5.41) is 3.48. The van der Waals surface area contributed by atoms with Crippen LogP contribution in [0, 0.1) is 5.92 Å². The van der Waals surface area contributed by atoms with E-state index in [1.807, 2.05) is 12.1 Å². The molecule has 1 fully saturated rings. The van der Waals surface area contributed by atoms with Gasteiger partial charge in [0.2, 0.25) is 0 Å². The van der Waals surface area contributed by atoms with Crippen molar-refractivity contribution >= 4 is 0 Å². The zero-order valence-corrected chi connectivity index (χ0v) is 10.3. The summed E-state index contributed by atoms with van der Waals surface area (Å²) in [6.45, 7) is 6.29. The summed E-state index contributed by atoms with van der Waals surface area (Å²) in [5.41, 5.74) is 1.31. The fourth-order valence-electron chi connectivity index (χ4n) is 1.80. The standard InChI is InChI=1S/C15H21NO/c1-2-11-17-15-7-5-14(6-8-15)12-16-10-9-13-3-4-13/h2,5-8,13,16H,1,3-4,9-12H2. The highest BCUT2D eigenvalue weighted by Crippen LogP contribution is 2.31. The maximum atomic E-state index is 5.44. The zero-order valence-electron chi connectivity index (χ0n) is 10.3. The summed E-state index contributed by atoms with van der Waals surface area (Å²) in [5.74, 6) is 1.92. The fourth-order valence-corrected chi connectivity index (χ4v) is 1.80. The second-order valence-corrected chi connectivity index (χ2v) is 4.65. The van der Waals surface area contributed by atoms with Crippen molar-refractivity contribution < 1.29 is 4.74 Å². The summed E-state index contributed by atoms with van der Waals surface area (Å²) in [4.78, 5) is 0. The molecule has 0 radical (unpaired) electrons. The van der Waals surface area contributed by atoms with E-state index in [1.165, 1.54) is 24.8 Å². The van der Waals surface area contributed by atoms with E-state index in [2.05, 4.69) is 24.0 Å². The third kappa shape index (κ3) is 4.61. The Morgan fingerprint density at radius 3 is 2.71 bits per heavy atom. The Hall–Kier alpha value is -1.28. The quantitative estimate of drug-likeness (QED) is 0.548. The first-order chi connectivity index (χ1) is 8.38. The largest absolute Gasteiger partial charge is 0.490 e. The van der Waals surface area contributed by atoms with Crippen molar-refractivity contribution in [1.82, 2.24) is 5.32 Å². The van der Waals surface area contributed by atoms with Crippen LogP contribution in [-0.4, -0.2) is 13.2 Å². The van der Waals surface area contributed by atoms with Crippen LogP contribution in [-0.2, 0) is 6.54 Å². The number of nitrogens with one attached hydrogen (secondary N) is 1. The van der Waals surface area contributed by atoms with Gasteiger partial charge in [0.05, 0.1) is 0 Å². The number of rotatable bonds is 8. The van der Waals surface area contributed by atoms with Gasteiger partial charge in [0.25, 0.3) is 0 Å². The average molecular weight is 231 g/mol. The molecule has 0 aliphatic heterocycles. The van der Waals surface area contributed by atoms with Gasteiger partial charge in [-0.3, -0.25) is 0 Å². The van der Waals surface area contributed by atoms with Gasteiger partial charge in [-0.1, -0.05) is 37.6 Å². The van der Waals surface area contributed by atoms with E-state index in [0.29, 0.717) is 6.61 Å². The van der Waals surface area contributed by atoms with Crippen molar-refractivity contribution in [3.05, 3.63) is 42.5 Å². The van der Waals surface area contributed by atoms with Gasteiger partial charge in [0, 0.05) is 6.54 Å². The monoisotopic (exact) mass is 231 g/mol. The predicted molar refractivity (Wildman–Crippen MR) is 71.2 cm³/mol. The molecule has 2 rings (SSSR count). The minimum atomic E-state index is 0.568. The lowest BCUT2D eigenvalue weighted by molar-refractivity contribution is 0.363. The third-order valence-corrected chi connectivity index (χ3v) is 3.05. The molecule has 1 aromatic carbocycles. The summed E-state index contributed by atoms with van der Waals surface area (Å²) in [6.07, 6.45) is 5.97. The van der Waals surface area contributed by atoms with E-state index < -0.39 is 0 Å². The van der Waals surface area contributed by atoms with Crippen LogP contribution in [0.5, 0.6) is 5.75 Å². The lowest BCUT2D eigenvalue weighted by Crippen LogP contribution is -2.15. The van der Waals surface area contributed by atoms with Gasteiger partial charge >= 0.3 is 0 Å². The van der Waals surface area contributed by atoms with Gasteiger partial charge < -0.3 is 10.1 Å². The molecular formula is C15H21NO. The SMILES string of the molecule is C=CCOc1ccc(CNCCC2CC2)cc1. The Bertz CT molecular complexity index is 340. The maximum absolute atomic E-state index is 5.44. The second-order valence-electron chi connectivity index (χ2n) is 4.65. The van der Waals surface area contributed by atoms with Crippen molar-refractivity contribution in [3.8, 4) is 5.75 Å². The highest BCUT2D eigenvalue weighted by molar-refractivity contribution is 5.27. The van der Waals surface area contributed by atoms with Crippen LogP contribution >= 0.6 is 0 Å². The van der Waals surface area contributed by atoms with E-state index in [9.17, 15) is 0 Å². The Kier molecular flexibility index (Phi) is 4.63. The van der Waals surface area contributed by atoms with Gasteiger partial charge in [-0.2, -0.15) is 0 Å². The van der Waals surface area contributed by atoms with E-state index in [-0.39, 0.29) is 0 Å². The Labute approximate surface area is 104 Å². The van der Waals surface area contributed by atoms with E-state index >= 15 is 0 Å². The molecule has 0 aromatic heterocycles. The topological polar surface area (TPSA) is 21.3 Å². The first kappa shape index (κ1) is 12.2. The molecular weight excluding hydrogens is 210 g/mol. The van der Waals surface area contributed by atoms with Gasteiger partial charge in [-0.05, 0) is 36.6 Å². The van der Waals surface area contributed by atoms with Crippen LogP contribution in [0.4, 0.5) is 0 Å². The van der Waals surface area contributed by atoms with E-state index in [4.69, 9.17) is 4.74 Å². The molecule has 1 N–H and O–H groups in total. The highest BCUT2D eigenvalue weighted by atomic mass is 16.5. The minimum absolute atomic E-state index is 0.568. The molecule has 0 unspecified atom stereocenters. The first-order valence-electron chi connectivity index (χ1n) is 6.42. The molecule has 0 bridgehead atoms. The average Bonchev–Trinajstić information content (AvgIpc) is 3.18. The maximum Gasteiger partial charge on any atom is 0.119 e. The molecule has 1 aliphatic rings. The predicted octanol–water partition coefficient (Wildman–Crippen LogP) is 3.14. The fraction of sp³-hybridized carbons (Fsp3) is 0.467. The van der Waals surface area contributed by atoms with Crippen LogP contribution in [0.25, 0.3) is 0 Å². The number of hydrogen-bond acceptors (Lipinski definition) is 2.